The van der Waals surface area contributed by atoms with Crippen molar-refractivity contribution in [2.75, 3.05) is 13.1 Å². The van der Waals surface area contributed by atoms with Crippen LogP contribution < -0.4 is 0 Å². The molecule has 0 radical (unpaired) electrons. The maximum absolute atomic E-state index is 12.6. The number of amides is 1. The molecule has 1 aliphatic rings. The SMILES string of the molecule is CCCc1nc2cccnc2n1[C@@H]1CCN(C(=O)c2ccsc2)C1. The first-order chi connectivity index (χ1) is 11.8. The van der Waals surface area contributed by atoms with Crippen LogP contribution in [0.15, 0.2) is 35.2 Å². The van der Waals surface area contributed by atoms with Crippen LogP contribution in [0.2, 0.25) is 0 Å². The van der Waals surface area contributed by atoms with Crippen molar-refractivity contribution in [3.8, 4) is 0 Å². The third-order valence-corrected chi connectivity index (χ3v) is 5.26. The minimum absolute atomic E-state index is 0.133. The predicted molar refractivity (Wildman–Crippen MR) is 95.4 cm³/mol. The molecule has 1 fully saturated rings. The van der Waals surface area contributed by atoms with E-state index in [1.165, 1.54) is 0 Å². The number of hydrogen-bond acceptors (Lipinski definition) is 4. The van der Waals surface area contributed by atoms with Crippen molar-refractivity contribution in [2.24, 2.45) is 0 Å². The highest BCUT2D eigenvalue weighted by Crippen LogP contribution is 2.29. The Hall–Kier alpha value is -2.21. The lowest BCUT2D eigenvalue weighted by molar-refractivity contribution is 0.0788. The van der Waals surface area contributed by atoms with Gasteiger partial charge in [-0.15, -0.1) is 0 Å². The van der Waals surface area contributed by atoms with Gasteiger partial charge in [0.2, 0.25) is 0 Å². The first-order valence-corrected chi connectivity index (χ1v) is 9.35. The normalized spacial score (nSPS) is 17.7. The highest BCUT2D eigenvalue weighted by molar-refractivity contribution is 7.08. The molecule has 3 aromatic rings. The maximum atomic E-state index is 12.6. The Morgan fingerprint density at radius 1 is 1.42 bits per heavy atom. The Morgan fingerprint density at radius 2 is 2.33 bits per heavy atom. The van der Waals surface area contributed by atoms with Gasteiger partial charge in [0, 0.05) is 31.1 Å². The lowest BCUT2D eigenvalue weighted by Gasteiger charge is -2.18. The molecule has 124 valence electrons. The quantitative estimate of drug-likeness (QED) is 0.730. The molecular formula is C18H20N4OS. The summed E-state index contributed by atoms with van der Waals surface area (Å²) in [4.78, 5) is 23.9. The second-order valence-electron chi connectivity index (χ2n) is 6.20. The molecule has 1 saturated heterocycles. The van der Waals surface area contributed by atoms with Crippen LogP contribution in [0.1, 0.15) is 42.0 Å². The van der Waals surface area contributed by atoms with Gasteiger partial charge in [0.25, 0.3) is 5.91 Å². The molecule has 0 aliphatic carbocycles. The van der Waals surface area contributed by atoms with E-state index in [4.69, 9.17) is 4.98 Å². The number of hydrogen-bond donors (Lipinski definition) is 0. The molecule has 0 aromatic carbocycles. The number of aromatic nitrogens is 3. The predicted octanol–water partition coefficient (Wildman–Crippen LogP) is 3.53. The highest BCUT2D eigenvalue weighted by Gasteiger charge is 2.30. The summed E-state index contributed by atoms with van der Waals surface area (Å²) in [5, 5.41) is 3.87. The zero-order valence-corrected chi connectivity index (χ0v) is 14.5. The molecule has 5 nitrogen and oxygen atoms in total. The van der Waals surface area contributed by atoms with Crippen molar-refractivity contribution < 1.29 is 4.79 Å². The molecule has 0 bridgehead atoms. The fourth-order valence-electron chi connectivity index (χ4n) is 3.47. The van der Waals surface area contributed by atoms with Gasteiger partial charge in [0.05, 0.1) is 11.6 Å². The van der Waals surface area contributed by atoms with Gasteiger partial charge in [0.15, 0.2) is 5.65 Å². The third-order valence-electron chi connectivity index (χ3n) is 4.58. The van der Waals surface area contributed by atoms with Crippen LogP contribution in [0.25, 0.3) is 11.2 Å². The molecule has 24 heavy (non-hydrogen) atoms. The molecule has 0 unspecified atom stereocenters. The Bertz CT molecular complexity index is 855. The molecular weight excluding hydrogens is 320 g/mol. The van der Waals surface area contributed by atoms with Gasteiger partial charge >= 0.3 is 0 Å². The number of rotatable bonds is 4. The summed E-state index contributed by atoms with van der Waals surface area (Å²) in [5.74, 6) is 1.22. The Kier molecular flexibility index (Phi) is 4.06. The van der Waals surface area contributed by atoms with Crippen LogP contribution in [0.3, 0.4) is 0 Å². The third kappa shape index (κ3) is 2.60. The van der Waals surface area contributed by atoms with Crippen LogP contribution in [0.5, 0.6) is 0 Å². The molecule has 6 heteroatoms. The number of pyridine rings is 1. The van der Waals surface area contributed by atoms with Crippen molar-refractivity contribution in [1.29, 1.82) is 0 Å². The largest absolute Gasteiger partial charge is 0.336 e. The van der Waals surface area contributed by atoms with E-state index in [-0.39, 0.29) is 11.9 Å². The number of fused-ring (bicyclic) bond motifs is 1. The maximum Gasteiger partial charge on any atom is 0.254 e. The van der Waals surface area contributed by atoms with E-state index in [2.05, 4.69) is 16.5 Å². The number of carbonyl (C=O) groups excluding carboxylic acids is 1. The zero-order chi connectivity index (χ0) is 16.5. The van der Waals surface area contributed by atoms with Gasteiger partial charge in [-0.25, -0.2) is 9.97 Å². The minimum Gasteiger partial charge on any atom is -0.336 e. The van der Waals surface area contributed by atoms with E-state index in [1.54, 1.807) is 11.3 Å². The monoisotopic (exact) mass is 340 g/mol. The van der Waals surface area contributed by atoms with Crippen LogP contribution in [0, 0.1) is 0 Å². The molecule has 0 spiro atoms. The van der Waals surface area contributed by atoms with Crippen molar-refractivity contribution in [1.82, 2.24) is 19.4 Å². The fraction of sp³-hybridized carbons (Fsp3) is 0.389. The lowest BCUT2D eigenvalue weighted by Crippen LogP contribution is -2.29. The lowest BCUT2D eigenvalue weighted by atomic mass is 10.2. The summed E-state index contributed by atoms with van der Waals surface area (Å²) >= 11 is 1.56. The molecule has 1 amide bonds. The Balaban J connectivity index is 1.64. The van der Waals surface area contributed by atoms with E-state index in [1.807, 2.05) is 40.1 Å². The van der Waals surface area contributed by atoms with E-state index in [0.717, 1.165) is 54.9 Å². The molecule has 0 N–H and O–H groups in total. The first-order valence-electron chi connectivity index (χ1n) is 8.41. The minimum atomic E-state index is 0.133. The van der Waals surface area contributed by atoms with E-state index < -0.39 is 0 Å². The van der Waals surface area contributed by atoms with Crippen LogP contribution in [-0.2, 0) is 6.42 Å². The summed E-state index contributed by atoms with van der Waals surface area (Å²) in [5.41, 5.74) is 2.68. The smallest absolute Gasteiger partial charge is 0.254 e. The number of thiophene rings is 1. The zero-order valence-electron chi connectivity index (χ0n) is 13.7. The van der Waals surface area contributed by atoms with Crippen molar-refractivity contribution >= 4 is 28.4 Å². The van der Waals surface area contributed by atoms with Crippen LogP contribution in [-0.4, -0.2) is 38.4 Å². The van der Waals surface area contributed by atoms with Gasteiger partial charge in [0.1, 0.15) is 11.3 Å². The molecule has 4 heterocycles. The van der Waals surface area contributed by atoms with Gasteiger partial charge in [-0.2, -0.15) is 11.3 Å². The Morgan fingerprint density at radius 3 is 3.12 bits per heavy atom. The van der Waals surface area contributed by atoms with E-state index >= 15 is 0 Å². The summed E-state index contributed by atoms with van der Waals surface area (Å²) in [6.45, 7) is 3.68. The molecule has 4 rings (SSSR count). The van der Waals surface area contributed by atoms with Crippen molar-refractivity contribution in [3.63, 3.8) is 0 Å². The average Bonchev–Trinajstić information content (AvgIpc) is 3.33. The van der Waals surface area contributed by atoms with E-state index in [9.17, 15) is 4.79 Å². The molecule has 3 aromatic heterocycles. The second kappa shape index (κ2) is 6.36. The second-order valence-corrected chi connectivity index (χ2v) is 6.98. The first kappa shape index (κ1) is 15.3. The molecule has 1 atom stereocenters. The summed E-state index contributed by atoms with van der Waals surface area (Å²) in [6.07, 6.45) is 4.76. The molecule has 1 aliphatic heterocycles. The topological polar surface area (TPSA) is 51.0 Å². The number of imidazole rings is 1. The summed E-state index contributed by atoms with van der Waals surface area (Å²) in [7, 11) is 0. The van der Waals surface area contributed by atoms with Gasteiger partial charge in [-0.1, -0.05) is 6.92 Å². The van der Waals surface area contributed by atoms with Gasteiger partial charge in [-0.3, -0.25) is 4.79 Å². The van der Waals surface area contributed by atoms with Crippen LogP contribution in [0.4, 0.5) is 0 Å². The van der Waals surface area contributed by atoms with Gasteiger partial charge < -0.3 is 9.47 Å². The number of aryl methyl sites for hydroxylation is 1. The van der Waals surface area contributed by atoms with E-state index in [0.29, 0.717) is 0 Å². The Labute approximate surface area is 145 Å². The van der Waals surface area contributed by atoms with Crippen molar-refractivity contribution in [3.05, 3.63) is 46.5 Å². The highest BCUT2D eigenvalue weighted by atomic mass is 32.1. The van der Waals surface area contributed by atoms with Crippen molar-refractivity contribution in [2.45, 2.75) is 32.2 Å². The van der Waals surface area contributed by atoms with Gasteiger partial charge in [-0.05, 0) is 36.4 Å². The van der Waals surface area contributed by atoms with Crippen LogP contribution >= 0.6 is 11.3 Å². The standard InChI is InChI=1S/C18H20N4OS/c1-2-4-16-20-15-5-3-8-19-17(15)22(16)14-6-9-21(11-14)18(23)13-7-10-24-12-13/h3,5,7-8,10,12,14H,2,4,6,9,11H2,1H3/t14-/m1/s1. The number of carbonyl (C=O) groups is 1. The summed E-state index contributed by atoms with van der Waals surface area (Å²) < 4.78 is 2.26. The number of likely N-dealkylation sites (tertiary alicyclic amines) is 1. The average molecular weight is 340 g/mol. The number of nitrogens with zero attached hydrogens (tertiary/aromatic N) is 4. The fourth-order valence-corrected chi connectivity index (χ4v) is 4.10. The molecule has 0 saturated carbocycles. The summed E-state index contributed by atoms with van der Waals surface area (Å²) in [6, 6.07) is 6.10.